The average molecular weight is 358 g/mol. The Bertz CT molecular complexity index is 999. The van der Waals surface area contributed by atoms with Crippen molar-refractivity contribution < 1.29 is 18.1 Å². The van der Waals surface area contributed by atoms with Gasteiger partial charge in [-0.05, 0) is 0 Å². The summed E-state index contributed by atoms with van der Waals surface area (Å²) >= 11 is 5.50. The molecular formula is C12H3ClF3N5O3. The highest BCUT2D eigenvalue weighted by atomic mass is 35.5. The molecule has 2 aromatic rings. The highest BCUT2D eigenvalue weighted by molar-refractivity contribution is 6.32. The molecule has 0 aliphatic carbocycles. The van der Waals surface area contributed by atoms with E-state index in [0.29, 0.717) is 12.1 Å². The van der Waals surface area contributed by atoms with E-state index in [0.717, 1.165) is 0 Å². The minimum Gasteiger partial charge on any atom is -0.258 e. The van der Waals surface area contributed by atoms with Crippen LogP contribution < -0.4 is 5.69 Å². The zero-order valence-electron chi connectivity index (χ0n) is 11.2. The second-order valence-electron chi connectivity index (χ2n) is 4.20. The van der Waals surface area contributed by atoms with Gasteiger partial charge in [0.15, 0.2) is 11.4 Å². The maximum atomic E-state index is 14.1. The first-order valence-corrected chi connectivity index (χ1v) is 6.21. The summed E-state index contributed by atoms with van der Waals surface area (Å²) in [5.74, 6) is -1.28. The molecule has 0 N–H and O–H groups in total. The number of nitriles is 2. The lowest BCUT2D eigenvalue weighted by molar-refractivity contribution is -0.384. The van der Waals surface area contributed by atoms with Crippen molar-refractivity contribution in [2.24, 2.45) is 0 Å². The summed E-state index contributed by atoms with van der Waals surface area (Å²) in [6.07, 6.45) is 0. The molecule has 0 amide bonds. The summed E-state index contributed by atoms with van der Waals surface area (Å²) in [6.45, 7) is -3.48. The molecule has 0 saturated heterocycles. The molecule has 0 saturated carbocycles. The van der Waals surface area contributed by atoms with Gasteiger partial charge in [0.2, 0.25) is 0 Å². The van der Waals surface area contributed by atoms with Crippen LogP contribution in [0.15, 0.2) is 16.9 Å². The Hall–Kier alpha value is -3.31. The molecule has 0 unspecified atom stereocenters. The topological polar surface area (TPSA) is 118 Å². The Balaban J connectivity index is 2.97. The summed E-state index contributed by atoms with van der Waals surface area (Å²) in [5.41, 5.74) is -5.17. The van der Waals surface area contributed by atoms with Crippen molar-refractivity contribution in [3.8, 4) is 17.8 Å². The Morgan fingerprint density at radius 1 is 1.25 bits per heavy atom. The number of nitro benzene ring substituents is 1. The van der Waals surface area contributed by atoms with Gasteiger partial charge in [-0.1, -0.05) is 11.6 Å². The molecule has 24 heavy (non-hydrogen) atoms. The molecule has 0 atom stereocenters. The average Bonchev–Trinajstić information content (AvgIpc) is 2.78. The zero-order chi connectivity index (χ0) is 18.2. The molecule has 0 aliphatic rings. The highest BCUT2D eigenvalue weighted by Gasteiger charge is 2.28. The summed E-state index contributed by atoms with van der Waals surface area (Å²) in [5, 5.41) is 28.2. The van der Waals surface area contributed by atoms with Crippen LogP contribution in [0.2, 0.25) is 5.02 Å². The smallest absolute Gasteiger partial charge is 0.258 e. The lowest BCUT2D eigenvalue weighted by Crippen LogP contribution is -2.25. The van der Waals surface area contributed by atoms with Crippen LogP contribution in [-0.2, 0) is 0 Å². The Morgan fingerprint density at radius 2 is 1.83 bits per heavy atom. The quantitative estimate of drug-likeness (QED) is 0.617. The molecule has 0 radical (unpaired) electrons. The summed E-state index contributed by atoms with van der Waals surface area (Å²) in [6, 6.07) is 3.60. The highest BCUT2D eigenvalue weighted by Crippen LogP contribution is 2.30. The van der Waals surface area contributed by atoms with Gasteiger partial charge in [0.1, 0.15) is 23.0 Å². The van der Waals surface area contributed by atoms with Crippen LogP contribution in [0.1, 0.15) is 17.9 Å². The van der Waals surface area contributed by atoms with Crippen LogP contribution in [0.5, 0.6) is 0 Å². The van der Waals surface area contributed by atoms with Crippen molar-refractivity contribution in [2.45, 2.75) is 6.55 Å². The molecule has 8 nitrogen and oxygen atoms in total. The molecule has 1 aromatic carbocycles. The molecule has 1 aromatic heterocycles. The van der Waals surface area contributed by atoms with Gasteiger partial charge >= 0.3 is 12.2 Å². The molecule has 0 spiro atoms. The number of nitro groups is 1. The second kappa shape index (κ2) is 6.06. The molecule has 2 rings (SSSR count). The molecule has 122 valence electrons. The van der Waals surface area contributed by atoms with Crippen molar-refractivity contribution in [3.05, 3.63) is 55.0 Å². The van der Waals surface area contributed by atoms with E-state index in [9.17, 15) is 28.1 Å². The van der Waals surface area contributed by atoms with Crippen molar-refractivity contribution in [3.63, 3.8) is 0 Å². The fraction of sp³-hybridized carbons (Fsp3) is 0.0833. The minimum atomic E-state index is -3.48. The molecule has 1 heterocycles. The van der Waals surface area contributed by atoms with Gasteiger partial charge in [-0.2, -0.15) is 19.3 Å². The van der Waals surface area contributed by atoms with E-state index in [1.54, 1.807) is 0 Å². The Labute approximate surface area is 135 Å². The van der Waals surface area contributed by atoms with E-state index < -0.39 is 50.8 Å². The van der Waals surface area contributed by atoms with E-state index in [-0.39, 0.29) is 9.13 Å². The lowest BCUT2D eigenvalue weighted by atomic mass is 10.2. The molecule has 12 heteroatoms. The summed E-state index contributed by atoms with van der Waals surface area (Å²) < 4.78 is 39.8. The number of imidazole rings is 1. The van der Waals surface area contributed by atoms with Crippen LogP contribution in [0, 0.1) is 38.6 Å². The van der Waals surface area contributed by atoms with Crippen LogP contribution in [0.25, 0.3) is 5.69 Å². The summed E-state index contributed by atoms with van der Waals surface area (Å²) in [7, 11) is 0. The van der Waals surface area contributed by atoms with Gasteiger partial charge in [-0.15, -0.1) is 0 Å². The van der Waals surface area contributed by atoms with Crippen molar-refractivity contribution in [2.75, 3.05) is 0 Å². The number of hydrogen-bond acceptors (Lipinski definition) is 5. The lowest BCUT2D eigenvalue weighted by Gasteiger charge is -2.05. The third-order valence-electron chi connectivity index (χ3n) is 2.95. The van der Waals surface area contributed by atoms with Crippen LogP contribution in [0.3, 0.4) is 0 Å². The van der Waals surface area contributed by atoms with E-state index in [1.807, 2.05) is 0 Å². The first-order chi connectivity index (χ1) is 11.2. The van der Waals surface area contributed by atoms with Crippen molar-refractivity contribution in [1.82, 2.24) is 9.13 Å². The normalized spacial score (nSPS) is 10.5. The maximum Gasteiger partial charge on any atom is 0.339 e. The van der Waals surface area contributed by atoms with E-state index in [1.165, 1.54) is 12.1 Å². The van der Waals surface area contributed by atoms with Gasteiger partial charge in [-0.25, -0.2) is 18.3 Å². The first kappa shape index (κ1) is 17.1. The first-order valence-electron chi connectivity index (χ1n) is 5.84. The number of aromatic nitrogens is 2. The predicted molar refractivity (Wildman–Crippen MR) is 72.3 cm³/mol. The van der Waals surface area contributed by atoms with Gasteiger partial charge in [0.05, 0.1) is 10.6 Å². The summed E-state index contributed by atoms with van der Waals surface area (Å²) in [4.78, 5) is 21.9. The van der Waals surface area contributed by atoms with Gasteiger partial charge in [-0.3, -0.25) is 10.1 Å². The standard InChI is InChI=1S/C12H3ClF3N5O3/c13-5-1-6(14)8(2-7(5)21(23)24)19-9(3-17)10(4-18)20(11(15)16)12(19)22/h1-2,11H. The molecule has 0 bridgehead atoms. The van der Waals surface area contributed by atoms with E-state index >= 15 is 0 Å². The van der Waals surface area contributed by atoms with Crippen molar-refractivity contribution in [1.29, 1.82) is 10.5 Å². The SMILES string of the molecule is N#Cc1c(C#N)n(C(F)F)c(=O)n1-c1cc([N+](=O)[O-])c(Cl)cc1F. The molecular weight excluding hydrogens is 355 g/mol. The van der Waals surface area contributed by atoms with Gasteiger partial charge < -0.3 is 0 Å². The number of alkyl halides is 2. The van der Waals surface area contributed by atoms with Gasteiger partial charge in [0, 0.05) is 12.1 Å². The van der Waals surface area contributed by atoms with E-state index in [2.05, 4.69) is 0 Å². The number of hydrogen-bond donors (Lipinski definition) is 0. The second-order valence-corrected chi connectivity index (χ2v) is 4.61. The fourth-order valence-electron chi connectivity index (χ4n) is 1.97. The predicted octanol–water partition coefficient (Wildman–Crippen LogP) is 2.48. The molecule has 0 fully saturated rings. The minimum absolute atomic E-state index is 0.156. The van der Waals surface area contributed by atoms with Crippen LogP contribution in [0.4, 0.5) is 18.9 Å². The van der Waals surface area contributed by atoms with Gasteiger partial charge in [0.25, 0.3) is 5.69 Å². The van der Waals surface area contributed by atoms with Crippen LogP contribution in [-0.4, -0.2) is 14.1 Å². The number of rotatable bonds is 3. The number of nitrogens with zero attached hydrogens (tertiary/aromatic N) is 5. The van der Waals surface area contributed by atoms with E-state index in [4.69, 9.17) is 22.1 Å². The molecule has 0 aliphatic heterocycles. The Morgan fingerprint density at radius 3 is 2.29 bits per heavy atom. The fourth-order valence-corrected chi connectivity index (χ4v) is 2.19. The van der Waals surface area contributed by atoms with Crippen LogP contribution >= 0.6 is 11.6 Å². The third-order valence-corrected chi connectivity index (χ3v) is 3.25. The zero-order valence-corrected chi connectivity index (χ0v) is 12.0. The number of benzene rings is 1. The van der Waals surface area contributed by atoms with Crippen molar-refractivity contribution >= 4 is 17.3 Å². The monoisotopic (exact) mass is 357 g/mol. The largest absolute Gasteiger partial charge is 0.339 e. The number of halogens is 4. The third kappa shape index (κ3) is 2.47. The maximum absolute atomic E-state index is 14.1. The Kier molecular flexibility index (Phi) is 4.31.